The number of ether oxygens (including phenoxy) is 2. The van der Waals surface area contributed by atoms with E-state index in [9.17, 15) is 9.90 Å². The van der Waals surface area contributed by atoms with Gasteiger partial charge >= 0.3 is 6.09 Å². The van der Waals surface area contributed by atoms with E-state index in [0.717, 1.165) is 12.8 Å². The summed E-state index contributed by atoms with van der Waals surface area (Å²) in [5.41, 5.74) is 4.18. The van der Waals surface area contributed by atoms with Gasteiger partial charge in [0.2, 0.25) is 0 Å². The second kappa shape index (κ2) is 8.29. The maximum Gasteiger partial charge on any atom is 0.410 e. The molecule has 5 rings (SSSR count). The average Bonchev–Trinajstić information content (AvgIpc) is 3.25. The first-order valence-corrected chi connectivity index (χ1v) is 11.5. The number of benzene rings is 2. The van der Waals surface area contributed by atoms with Crippen molar-refractivity contribution in [2.24, 2.45) is 0 Å². The van der Waals surface area contributed by atoms with Gasteiger partial charge in [0.05, 0.1) is 5.60 Å². The van der Waals surface area contributed by atoms with Crippen LogP contribution < -0.4 is 0 Å². The van der Waals surface area contributed by atoms with E-state index >= 15 is 0 Å². The zero-order valence-electron chi connectivity index (χ0n) is 18.1. The number of rotatable bonds is 6. The van der Waals surface area contributed by atoms with E-state index in [2.05, 4.69) is 36.4 Å². The maximum atomic E-state index is 13.1. The Balaban J connectivity index is 1.26. The van der Waals surface area contributed by atoms with Crippen molar-refractivity contribution in [2.75, 3.05) is 19.8 Å². The first-order chi connectivity index (χ1) is 15.1. The quantitative estimate of drug-likeness (QED) is 0.686. The molecule has 2 aromatic carbocycles. The van der Waals surface area contributed by atoms with Crippen LogP contribution in [0.1, 0.15) is 56.1 Å². The number of carbonyl (C=O) groups is 1. The van der Waals surface area contributed by atoms with Crippen molar-refractivity contribution in [2.45, 2.75) is 62.6 Å². The van der Waals surface area contributed by atoms with Gasteiger partial charge in [-0.2, -0.15) is 0 Å². The highest BCUT2D eigenvalue weighted by molar-refractivity contribution is 5.79. The molecular weight excluding hydrogens is 390 g/mol. The molecule has 3 aliphatic rings. The molecule has 2 saturated heterocycles. The molecule has 2 aromatic rings. The molecule has 0 saturated carbocycles. The number of nitrogens with zero attached hydrogens (tertiary/aromatic N) is 1. The number of hydrogen-bond donors (Lipinski definition) is 1. The summed E-state index contributed by atoms with van der Waals surface area (Å²) in [6, 6.07) is 16.9. The molecule has 0 aromatic heterocycles. The lowest BCUT2D eigenvalue weighted by atomic mass is 9.84. The summed E-state index contributed by atoms with van der Waals surface area (Å²) in [6.45, 7) is 3.54. The Morgan fingerprint density at radius 2 is 1.61 bits per heavy atom. The molecule has 0 radical (unpaired) electrons. The average molecular weight is 422 g/mol. The largest absolute Gasteiger partial charge is 0.448 e. The lowest BCUT2D eigenvalue weighted by Gasteiger charge is -2.43. The predicted molar refractivity (Wildman–Crippen MR) is 119 cm³/mol. The molecule has 1 aliphatic carbocycles. The van der Waals surface area contributed by atoms with Crippen molar-refractivity contribution in [3.8, 4) is 11.1 Å². The molecule has 2 aliphatic heterocycles. The van der Waals surface area contributed by atoms with Gasteiger partial charge in [0.25, 0.3) is 0 Å². The van der Waals surface area contributed by atoms with Gasteiger partial charge in [0.15, 0.2) is 0 Å². The summed E-state index contributed by atoms with van der Waals surface area (Å²) >= 11 is 0. The fraction of sp³-hybridized carbons (Fsp3) is 0.500. The Bertz CT molecular complexity index is 898. The van der Waals surface area contributed by atoms with E-state index < -0.39 is 5.60 Å². The highest BCUT2D eigenvalue weighted by Gasteiger charge is 2.49. The molecule has 2 fully saturated rings. The Labute approximate surface area is 184 Å². The number of piperidine rings is 1. The molecule has 5 nitrogen and oxygen atoms in total. The minimum Gasteiger partial charge on any atom is -0.448 e. The van der Waals surface area contributed by atoms with Gasteiger partial charge in [-0.1, -0.05) is 48.5 Å². The lowest BCUT2D eigenvalue weighted by Crippen LogP contribution is -2.53. The standard InChI is InChI=1S/C26H31NO4/c1-2-30-14-13-26(29)15-18-11-12-19(16-26)27(18)25(28)31-17-24-22-9-5-3-7-20(22)21-8-4-6-10-23(21)24/h3-10,18-19,24,29H,2,11-17H2,1H3. The third-order valence-corrected chi connectivity index (χ3v) is 7.31. The van der Waals surface area contributed by atoms with E-state index in [1.165, 1.54) is 22.3 Å². The van der Waals surface area contributed by atoms with Crippen molar-refractivity contribution in [1.29, 1.82) is 0 Å². The van der Waals surface area contributed by atoms with Crippen LogP contribution in [0.25, 0.3) is 11.1 Å². The van der Waals surface area contributed by atoms with E-state index in [-0.39, 0.29) is 24.1 Å². The molecule has 164 valence electrons. The van der Waals surface area contributed by atoms with Crippen molar-refractivity contribution < 1.29 is 19.4 Å². The Kier molecular flexibility index (Phi) is 5.49. The normalized spacial score (nSPS) is 26.6. The SMILES string of the molecule is CCOCCC1(O)CC2CCC(C1)N2C(=O)OCC1c2ccccc2-c2ccccc21. The molecule has 2 unspecified atom stereocenters. The number of amides is 1. The van der Waals surface area contributed by atoms with Gasteiger partial charge in [-0.25, -0.2) is 4.79 Å². The Morgan fingerprint density at radius 3 is 2.19 bits per heavy atom. The molecule has 2 atom stereocenters. The third-order valence-electron chi connectivity index (χ3n) is 7.31. The molecular formula is C26H31NO4. The van der Waals surface area contributed by atoms with Crippen LogP contribution in [0.2, 0.25) is 0 Å². The second-order valence-corrected chi connectivity index (χ2v) is 9.18. The van der Waals surface area contributed by atoms with Gasteiger partial charge in [-0.05, 0) is 61.3 Å². The molecule has 31 heavy (non-hydrogen) atoms. The molecule has 0 spiro atoms. The zero-order chi connectivity index (χ0) is 21.4. The highest BCUT2D eigenvalue weighted by atomic mass is 16.6. The summed E-state index contributed by atoms with van der Waals surface area (Å²) in [5, 5.41) is 11.0. The van der Waals surface area contributed by atoms with E-state index in [4.69, 9.17) is 9.47 Å². The molecule has 2 bridgehead atoms. The molecule has 5 heteroatoms. The first-order valence-electron chi connectivity index (χ1n) is 11.5. The zero-order valence-corrected chi connectivity index (χ0v) is 18.1. The van der Waals surface area contributed by atoms with Crippen LogP contribution in [0.4, 0.5) is 4.79 Å². The van der Waals surface area contributed by atoms with E-state index in [1.807, 2.05) is 24.0 Å². The lowest BCUT2D eigenvalue weighted by molar-refractivity contribution is -0.0659. The van der Waals surface area contributed by atoms with Crippen molar-refractivity contribution in [3.63, 3.8) is 0 Å². The molecule has 1 N–H and O–H groups in total. The molecule has 1 amide bonds. The van der Waals surface area contributed by atoms with Crippen molar-refractivity contribution in [1.82, 2.24) is 4.90 Å². The van der Waals surface area contributed by atoms with Crippen LogP contribution in [-0.4, -0.2) is 53.6 Å². The predicted octanol–water partition coefficient (Wildman–Crippen LogP) is 4.72. The number of fused-ring (bicyclic) bond motifs is 5. The van der Waals surface area contributed by atoms with Crippen molar-refractivity contribution >= 4 is 6.09 Å². The van der Waals surface area contributed by atoms with Crippen LogP contribution in [0.3, 0.4) is 0 Å². The first kappa shape index (κ1) is 20.5. The van der Waals surface area contributed by atoms with Gasteiger partial charge in [0.1, 0.15) is 6.61 Å². The third kappa shape index (κ3) is 3.74. The van der Waals surface area contributed by atoms with Gasteiger partial charge in [0, 0.05) is 31.2 Å². The minimum absolute atomic E-state index is 0.0565. The molecule has 2 heterocycles. The van der Waals surface area contributed by atoms with E-state index in [1.54, 1.807) is 0 Å². The smallest absolute Gasteiger partial charge is 0.410 e. The fourth-order valence-corrected chi connectivity index (χ4v) is 5.90. The van der Waals surface area contributed by atoms with Crippen LogP contribution in [0.5, 0.6) is 0 Å². The topological polar surface area (TPSA) is 59.0 Å². The number of carbonyl (C=O) groups excluding carboxylic acids is 1. The monoisotopic (exact) mass is 421 g/mol. The summed E-state index contributed by atoms with van der Waals surface area (Å²) in [5.74, 6) is 0.0712. The maximum absolute atomic E-state index is 13.1. The van der Waals surface area contributed by atoms with Gasteiger partial charge in [-0.15, -0.1) is 0 Å². The summed E-state index contributed by atoms with van der Waals surface area (Å²) in [4.78, 5) is 15.0. The van der Waals surface area contributed by atoms with Crippen LogP contribution in [-0.2, 0) is 9.47 Å². The summed E-state index contributed by atoms with van der Waals surface area (Å²) < 4.78 is 11.4. The highest BCUT2D eigenvalue weighted by Crippen LogP contribution is 2.45. The van der Waals surface area contributed by atoms with Crippen LogP contribution >= 0.6 is 0 Å². The summed E-state index contributed by atoms with van der Waals surface area (Å²) in [7, 11) is 0. The van der Waals surface area contributed by atoms with Gasteiger partial charge in [-0.3, -0.25) is 0 Å². The number of aliphatic hydroxyl groups is 1. The Hall–Kier alpha value is -2.37. The van der Waals surface area contributed by atoms with Crippen molar-refractivity contribution in [3.05, 3.63) is 59.7 Å². The van der Waals surface area contributed by atoms with Gasteiger partial charge < -0.3 is 19.5 Å². The van der Waals surface area contributed by atoms with E-state index in [0.29, 0.717) is 39.1 Å². The van der Waals surface area contributed by atoms with Crippen LogP contribution in [0.15, 0.2) is 48.5 Å². The second-order valence-electron chi connectivity index (χ2n) is 9.18. The fourth-order valence-electron chi connectivity index (χ4n) is 5.90. The Morgan fingerprint density at radius 1 is 1.03 bits per heavy atom. The summed E-state index contributed by atoms with van der Waals surface area (Å²) in [6.07, 6.45) is 3.49. The van der Waals surface area contributed by atoms with Crippen LogP contribution in [0, 0.1) is 0 Å². The number of hydrogen-bond acceptors (Lipinski definition) is 4. The minimum atomic E-state index is -0.735.